The van der Waals surface area contributed by atoms with Crippen LogP contribution in [0.3, 0.4) is 0 Å². The van der Waals surface area contributed by atoms with Crippen LogP contribution < -0.4 is 5.32 Å². The molecule has 0 radical (unpaired) electrons. The van der Waals surface area contributed by atoms with E-state index in [1.807, 2.05) is 6.07 Å². The number of nitrogens with one attached hydrogen (secondary N) is 1. The maximum atomic E-state index is 12.3. The second-order valence-corrected chi connectivity index (χ2v) is 6.47. The standard InChI is InChI=1S/C13H18N2O2S/c1-3-9-15(2)18(16,17)12-6-7-13-11(10-12)5-4-8-14-13/h3,6-7,10,14H,1,4-5,8-9H2,2H3. The molecule has 0 saturated carbocycles. The molecule has 1 aromatic carbocycles. The normalized spacial score (nSPS) is 15.0. The summed E-state index contributed by atoms with van der Waals surface area (Å²) in [6.07, 6.45) is 3.55. The largest absolute Gasteiger partial charge is 0.385 e. The molecular formula is C13H18N2O2S. The fourth-order valence-electron chi connectivity index (χ4n) is 2.07. The molecule has 0 atom stereocenters. The van der Waals surface area contributed by atoms with Crippen LogP contribution in [0.4, 0.5) is 5.69 Å². The van der Waals surface area contributed by atoms with Crippen molar-refractivity contribution in [2.45, 2.75) is 17.7 Å². The Bertz CT molecular complexity index is 552. The van der Waals surface area contributed by atoms with E-state index in [1.54, 1.807) is 25.3 Å². The van der Waals surface area contributed by atoms with Crippen LogP contribution in [0.15, 0.2) is 35.7 Å². The van der Waals surface area contributed by atoms with Gasteiger partial charge in [-0.2, -0.15) is 4.31 Å². The van der Waals surface area contributed by atoms with E-state index in [-0.39, 0.29) is 0 Å². The molecule has 4 nitrogen and oxygen atoms in total. The zero-order valence-electron chi connectivity index (χ0n) is 10.5. The quantitative estimate of drug-likeness (QED) is 0.846. The van der Waals surface area contributed by atoms with E-state index < -0.39 is 10.0 Å². The van der Waals surface area contributed by atoms with Crippen LogP contribution in [0.1, 0.15) is 12.0 Å². The lowest BCUT2D eigenvalue weighted by atomic mass is 10.0. The van der Waals surface area contributed by atoms with Crippen molar-refractivity contribution in [2.24, 2.45) is 0 Å². The number of hydrogen-bond acceptors (Lipinski definition) is 3. The van der Waals surface area contributed by atoms with Gasteiger partial charge in [0, 0.05) is 25.8 Å². The highest BCUT2D eigenvalue weighted by Gasteiger charge is 2.21. The molecule has 0 fully saturated rings. The Morgan fingerprint density at radius 2 is 2.28 bits per heavy atom. The smallest absolute Gasteiger partial charge is 0.243 e. The van der Waals surface area contributed by atoms with Crippen LogP contribution in [-0.4, -0.2) is 32.9 Å². The molecule has 1 aliphatic heterocycles. The molecule has 1 aliphatic rings. The Morgan fingerprint density at radius 1 is 1.50 bits per heavy atom. The topological polar surface area (TPSA) is 49.4 Å². The minimum Gasteiger partial charge on any atom is -0.385 e. The molecule has 0 aliphatic carbocycles. The minimum atomic E-state index is -3.40. The van der Waals surface area contributed by atoms with Gasteiger partial charge in [-0.3, -0.25) is 0 Å². The van der Waals surface area contributed by atoms with Gasteiger partial charge in [0.25, 0.3) is 0 Å². The van der Waals surface area contributed by atoms with Crippen LogP contribution in [0.2, 0.25) is 0 Å². The molecule has 18 heavy (non-hydrogen) atoms. The highest BCUT2D eigenvalue weighted by molar-refractivity contribution is 7.89. The van der Waals surface area contributed by atoms with Gasteiger partial charge in [0.05, 0.1) is 4.90 Å². The summed E-state index contributed by atoms with van der Waals surface area (Å²) in [5.41, 5.74) is 2.13. The predicted octanol–water partition coefficient (Wildman–Crippen LogP) is 1.85. The van der Waals surface area contributed by atoms with Crippen molar-refractivity contribution >= 4 is 15.7 Å². The molecule has 2 rings (SSSR count). The van der Waals surface area contributed by atoms with Gasteiger partial charge >= 0.3 is 0 Å². The van der Waals surface area contributed by atoms with E-state index in [9.17, 15) is 8.42 Å². The van der Waals surface area contributed by atoms with E-state index in [0.29, 0.717) is 11.4 Å². The summed E-state index contributed by atoms with van der Waals surface area (Å²) >= 11 is 0. The van der Waals surface area contributed by atoms with Crippen LogP contribution in [0.5, 0.6) is 0 Å². The number of sulfonamides is 1. The Hall–Kier alpha value is -1.33. The van der Waals surface area contributed by atoms with Gasteiger partial charge in [0.1, 0.15) is 0 Å². The molecule has 0 saturated heterocycles. The molecular weight excluding hydrogens is 248 g/mol. The summed E-state index contributed by atoms with van der Waals surface area (Å²) in [4.78, 5) is 0.356. The molecule has 0 aromatic heterocycles. The number of anilines is 1. The highest BCUT2D eigenvalue weighted by atomic mass is 32.2. The summed E-state index contributed by atoms with van der Waals surface area (Å²) < 4.78 is 25.8. The lowest BCUT2D eigenvalue weighted by Gasteiger charge is -2.20. The number of aryl methyl sites for hydroxylation is 1. The third-order valence-electron chi connectivity index (χ3n) is 3.11. The van der Waals surface area contributed by atoms with E-state index in [2.05, 4.69) is 11.9 Å². The van der Waals surface area contributed by atoms with Gasteiger partial charge in [-0.25, -0.2) is 8.42 Å². The van der Waals surface area contributed by atoms with Gasteiger partial charge < -0.3 is 5.32 Å². The average molecular weight is 266 g/mol. The number of hydrogen-bond donors (Lipinski definition) is 1. The maximum absolute atomic E-state index is 12.3. The molecule has 0 spiro atoms. The van der Waals surface area contributed by atoms with Gasteiger partial charge in [0.15, 0.2) is 0 Å². The summed E-state index contributed by atoms with van der Waals surface area (Å²) in [7, 11) is -1.84. The van der Waals surface area contributed by atoms with Gasteiger partial charge in [-0.1, -0.05) is 6.08 Å². The monoisotopic (exact) mass is 266 g/mol. The average Bonchev–Trinajstić information content (AvgIpc) is 2.38. The second kappa shape index (κ2) is 5.12. The second-order valence-electron chi connectivity index (χ2n) is 4.42. The molecule has 1 heterocycles. The SMILES string of the molecule is C=CCN(C)S(=O)(=O)c1ccc2c(c1)CCCN2. The molecule has 0 amide bonds. The van der Waals surface area contributed by atoms with E-state index in [1.165, 1.54) is 4.31 Å². The summed E-state index contributed by atoms with van der Waals surface area (Å²) in [5, 5.41) is 3.27. The highest BCUT2D eigenvalue weighted by Crippen LogP contribution is 2.26. The lowest BCUT2D eigenvalue weighted by molar-refractivity contribution is 0.499. The summed E-state index contributed by atoms with van der Waals surface area (Å²) in [6.45, 7) is 4.83. The van der Waals surface area contributed by atoms with Crippen molar-refractivity contribution in [1.29, 1.82) is 0 Å². The molecule has 1 aromatic rings. The van der Waals surface area contributed by atoms with Gasteiger partial charge in [-0.05, 0) is 36.6 Å². The van der Waals surface area contributed by atoms with Crippen LogP contribution in [-0.2, 0) is 16.4 Å². The van der Waals surface area contributed by atoms with Crippen molar-refractivity contribution in [3.63, 3.8) is 0 Å². The molecule has 1 N–H and O–H groups in total. The summed E-state index contributed by atoms with van der Waals surface area (Å²) in [5.74, 6) is 0. The Labute approximate surface area is 108 Å². The Kier molecular flexibility index (Phi) is 3.73. The van der Waals surface area contributed by atoms with E-state index in [4.69, 9.17) is 0 Å². The zero-order chi connectivity index (χ0) is 13.2. The van der Waals surface area contributed by atoms with Gasteiger partial charge in [0.2, 0.25) is 10.0 Å². The lowest BCUT2D eigenvalue weighted by Crippen LogP contribution is -2.27. The number of nitrogens with zero attached hydrogens (tertiary/aromatic N) is 1. The number of benzene rings is 1. The van der Waals surface area contributed by atoms with Crippen molar-refractivity contribution in [3.8, 4) is 0 Å². The summed E-state index contributed by atoms with van der Waals surface area (Å²) in [6, 6.07) is 5.28. The first kappa shape index (κ1) is 13.1. The Morgan fingerprint density at radius 3 is 3.00 bits per heavy atom. The number of likely N-dealkylation sites (N-methyl/N-ethyl adjacent to an activating group) is 1. The first-order valence-corrected chi connectivity index (χ1v) is 7.44. The molecule has 0 unspecified atom stereocenters. The van der Waals surface area contributed by atoms with Crippen LogP contribution in [0, 0.1) is 0 Å². The minimum absolute atomic E-state index is 0.317. The van der Waals surface area contributed by atoms with Crippen molar-refractivity contribution in [2.75, 3.05) is 25.5 Å². The van der Waals surface area contributed by atoms with Crippen molar-refractivity contribution in [1.82, 2.24) is 4.31 Å². The van der Waals surface area contributed by atoms with Crippen molar-refractivity contribution in [3.05, 3.63) is 36.4 Å². The maximum Gasteiger partial charge on any atom is 0.243 e. The van der Waals surface area contributed by atoms with Crippen LogP contribution >= 0.6 is 0 Å². The first-order valence-electron chi connectivity index (χ1n) is 6.00. The van der Waals surface area contributed by atoms with E-state index in [0.717, 1.165) is 30.6 Å². The fourth-order valence-corrected chi connectivity index (χ4v) is 3.26. The third kappa shape index (κ3) is 2.42. The Balaban J connectivity index is 2.36. The number of fused-ring (bicyclic) bond motifs is 1. The third-order valence-corrected chi connectivity index (χ3v) is 4.93. The van der Waals surface area contributed by atoms with Gasteiger partial charge in [-0.15, -0.1) is 6.58 Å². The predicted molar refractivity (Wildman–Crippen MR) is 73.3 cm³/mol. The number of rotatable bonds is 4. The first-order chi connectivity index (χ1) is 8.55. The van der Waals surface area contributed by atoms with Crippen molar-refractivity contribution < 1.29 is 8.42 Å². The van der Waals surface area contributed by atoms with E-state index >= 15 is 0 Å². The molecule has 0 bridgehead atoms. The molecule has 98 valence electrons. The zero-order valence-corrected chi connectivity index (χ0v) is 11.3. The fraction of sp³-hybridized carbons (Fsp3) is 0.385. The van der Waals surface area contributed by atoms with Crippen LogP contribution in [0.25, 0.3) is 0 Å². The molecule has 5 heteroatoms.